The summed E-state index contributed by atoms with van der Waals surface area (Å²) >= 11 is 0. The van der Waals surface area contributed by atoms with E-state index < -0.39 is 0 Å². The fourth-order valence-electron chi connectivity index (χ4n) is 1.51. The molecule has 1 rings (SSSR count). The first kappa shape index (κ1) is 13.9. The van der Waals surface area contributed by atoms with Crippen LogP contribution < -0.4 is 15.8 Å². The highest BCUT2D eigenvalue weighted by Crippen LogP contribution is 2.17. The average molecular weight is 240 g/mol. The molecule has 0 aliphatic heterocycles. The minimum absolute atomic E-state index is 0.217. The molecule has 3 N–H and O–H groups in total. The molecule has 96 valence electrons. The fraction of sp³-hybridized carbons (Fsp3) is 0.538. The van der Waals surface area contributed by atoms with Gasteiger partial charge in [-0.05, 0) is 44.5 Å². The van der Waals surface area contributed by atoms with Crippen LogP contribution >= 0.6 is 0 Å². The van der Waals surface area contributed by atoms with Crippen LogP contribution in [0.3, 0.4) is 0 Å². The van der Waals surface area contributed by atoms with E-state index >= 15 is 0 Å². The smallest absolute Gasteiger partial charge is 0.165 e. The molecule has 0 fully saturated rings. The van der Waals surface area contributed by atoms with Gasteiger partial charge in [0, 0.05) is 12.1 Å². The monoisotopic (exact) mass is 240 g/mol. The molecule has 0 heterocycles. The second kappa shape index (κ2) is 5.98. The normalized spacial score (nSPS) is 11.6. The summed E-state index contributed by atoms with van der Waals surface area (Å²) in [5, 5.41) is 3.24. The van der Waals surface area contributed by atoms with Crippen LogP contribution in [-0.4, -0.2) is 25.7 Å². The number of ether oxygens (including phenoxy) is 1. The van der Waals surface area contributed by atoms with Crippen molar-refractivity contribution in [3.63, 3.8) is 0 Å². The van der Waals surface area contributed by atoms with E-state index in [-0.39, 0.29) is 17.1 Å². The van der Waals surface area contributed by atoms with Crippen LogP contribution in [0, 0.1) is 5.82 Å². The van der Waals surface area contributed by atoms with Crippen molar-refractivity contribution in [3.8, 4) is 5.75 Å². The van der Waals surface area contributed by atoms with Gasteiger partial charge in [-0.3, -0.25) is 0 Å². The number of hydrogen-bond donors (Lipinski definition) is 2. The molecule has 17 heavy (non-hydrogen) atoms. The molecule has 0 aliphatic carbocycles. The van der Waals surface area contributed by atoms with Crippen molar-refractivity contribution in [1.82, 2.24) is 5.32 Å². The van der Waals surface area contributed by atoms with Crippen molar-refractivity contribution >= 4 is 0 Å². The third-order valence-corrected chi connectivity index (χ3v) is 2.39. The summed E-state index contributed by atoms with van der Waals surface area (Å²) in [6, 6.07) is 5.03. The van der Waals surface area contributed by atoms with E-state index in [9.17, 15) is 4.39 Å². The van der Waals surface area contributed by atoms with Gasteiger partial charge in [0.25, 0.3) is 0 Å². The lowest BCUT2D eigenvalue weighted by atomic mass is 10.1. The molecular weight excluding hydrogens is 219 g/mol. The minimum atomic E-state index is -0.316. The summed E-state index contributed by atoms with van der Waals surface area (Å²) in [6.07, 6.45) is 0.775. The zero-order valence-electron chi connectivity index (χ0n) is 10.7. The molecule has 0 saturated heterocycles. The molecular formula is C13H21FN2O. The van der Waals surface area contributed by atoms with Crippen LogP contribution in [0.2, 0.25) is 0 Å². The van der Waals surface area contributed by atoms with Crippen LogP contribution in [0.25, 0.3) is 0 Å². The second-order valence-corrected chi connectivity index (χ2v) is 4.88. The highest BCUT2D eigenvalue weighted by molar-refractivity contribution is 5.29. The number of halogens is 1. The van der Waals surface area contributed by atoms with Crippen LogP contribution in [0.1, 0.15) is 19.4 Å². The van der Waals surface area contributed by atoms with E-state index in [4.69, 9.17) is 10.5 Å². The number of nitrogens with one attached hydrogen (secondary N) is 1. The van der Waals surface area contributed by atoms with Gasteiger partial charge in [-0.15, -0.1) is 0 Å². The Morgan fingerprint density at radius 1 is 1.41 bits per heavy atom. The van der Waals surface area contributed by atoms with Crippen LogP contribution in [-0.2, 0) is 6.42 Å². The fourth-order valence-corrected chi connectivity index (χ4v) is 1.51. The predicted molar refractivity (Wildman–Crippen MR) is 67.8 cm³/mol. The molecule has 4 heteroatoms. The zero-order chi connectivity index (χ0) is 12.9. The SMILES string of the molecule is COc1ccc(CCNCC(C)(C)N)cc1F. The first-order valence-corrected chi connectivity index (χ1v) is 5.74. The Hall–Kier alpha value is -1.13. The molecule has 0 atom stereocenters. The van der Waals surface area contributed by atoms with Crippen LogP contribution in [0.15, 0.2) is 18.2 Å². The zero-order valence-corrected chi connectivity index (χ0v) is 10.7. The number of methoxy groups -OCH3 is 1. The van der Waals surface area contributed by atoms with Gasteiger partial charge in [0.2, 0.25) is 0 Å². The third kappa shape index (κ3) is 5.15. The lowest BCUT2D eigenvalue weighted by Crippen LogP contribution is -2.43. The van der Waals surface area contributed by atoms with Crippen molar-refractivity contribution in [1.29, 1.82) is 0 Å². The Morgan fingerprint density at radius 3 is 2.65 bits per heavy atom. The van der Waals surface area contributed by atoms with E-state index in [1.54, 1.807) is 6.07 Å². The van der Waals surface area contributed by atoms with Gasteiger partial charge in [-0.1, -0.05) is 6.07 Å². The predicted octanol–water partition coefficient (Wildman–Crippen LogP) is 1.70. The standard InChI is InChI=1S/C13H21FN2O/c1-13(2,15)9-16-7-6-10-4-5-12(17-3)11(14)8-10/h4-5,8,16H,6-7,9,15H2,1-3H3. The average Bonchev–Trinajstić information content (AvgIpc) is 2.23. The van der Waals surface area contributed by atoms with E-state index in [0.717, 1.165) is 25.1 Å². The molecule has 1 aromatic rings. The van der Waals surface area contributed by atoms with E-state index in [0.29, 0.717) is 0 Å². The van der Waals surface area contributed by atoms with Crippen molar-refractivity contribution in [2.75, 3.05) is 20.2 Å². The number of benzene rings is 1. The molecule has 0 spiro atoms. The quantitative estimate of drug-likeness (QED) is 0.744. The number of nitrogens with two attached hydrogens (primary N) is 1. The summed E-state index contributed by atoms with van der Waals surface area (Å²) in [4.78, 5) is 0. The van der Waals surface area contributed by atoms with E-state index in [2.05, 4.69) is 5.32 Å². The summed E-state index contributed by atoms with van der Waals surface area (Å²) < 4.78 is 18.2. The van der Waals surface area contributed by atoms with Crippen molar-refractivity contribution in [3.05, 3.63) is 29.6 Å². The van der Waals surface area contributed by atoms with Gasteiger partial charge >= 0.3 is 0 Å². The number of rotatable bonds is 6. The van der Waals surface area contributed by atoms with Gasteiger partial charge < -0.3 is 15.8 Å². The number of hydrogen-bond acceptors (Lipinski definition) is 3. The Morgan fingerprint density at radius 2 is 2.12 bits per heavy atom. The van der Waals surface area contributed by atoms with Gasteiger partial charge in [0.05, 0.1) is 7.11 Å². The topological polar surface area (TPSA) is 47.3 Å². The highest BCUT2D eigenvalue weighted by atomic mass is 19.1. The maximum atomic E-state index is 13.4. The maximum absolute atomic E-state index is 13.4. The highest BCUT2D eigenvalue weighted by Gasteiger charge is 2.09. The Labute approximate surface area is 102 Å². The second-order valence-electron chi connectivity index (χ2n) is 4.88. The molecule has 3 nitrogen and oxygen atoms in total. The van der Waals surface area contributed by atoms with E-state index in [1.165, 1.54) is 13.2 Å². The molecule has 0 unspecified atom stereocenters. The minimum Gasteiger partial charge on any atom is -0.494 e. The molecule has 0 radical (unpaired) electrons. The molecule has 0 aliphatic rings. The van der Waals surface area contributed by atoms with Gasteiger partial charge in [-0.25, -0.2) is 4.39 Å². The van der Waals surface area contributed by atoms with Gasteiger partial charge in [0.15, 0.2) is 11.6 Å². The maximum Gasteiger partial charge on any atom is 0.165 e. The molecule has 0 saturated carbocycles. The van der Waals surface area contributed by atoms with Crippen molar-refractivity contribution in [2.24, 2.45) is 5.73 Å². The summed E-state index contributed by atoms with van der Waals surface area (Å²) in [7, 11) is 1.46. The van der Waals surface area contributed by atoms with Gasteiger partial charge in [0.1, 0.15) is 0 Å². The molecule has 0 amide bonds. The molecule has 0 bridgehead atoms. The first-order chi connectivity index (χ1) is 7.92. The van der Waals surface area contributed by atoms with Crippen molar-refractivity contribution in [2.45, 2.75) is 25.8 Å². The van der Waals surface area contributed by atoms with Crippen LogP contribution in [0.5, 0.6) is 5.75 Å². The Kier molecular flexibility index (Phi) is 4.90. The van der Waals surface area contributed by atoms with Crippen LogP contribution in [0.4, 0.5) is 4.39 Å². The first-order valence-electron chi connectivity index (χ1n) is 5.74. The largest absolute Gasteiger partial charge is 0.494 e. The summed E-state index contributed by atoms with van der Waals surface area (Å²) in [5.74, 6) is -0.0334. The Bertz CT molecular complexity index is 361. The summed E-state index contributed by atoms with van der Waals surface area (Å²) in [6.45, 7) is 5.46. The molecule has 0 aromatic heterocycles. The van der Waals surface area contributed by atoms with E-state index in [1.807, 2.05) is 19.9 Å². The third-order valence-electron chi connectivity index (χ3n) is 2.39. The van der Waals surface area contributed by atoms with Gasteiger partial charge in [-0.2, -0.15) is 0 Å². The summed E-state index contributed by atoms with van der Waals surface area (Å²) in [5.41, 5.74) is 6.57. The van der Waals surface area contributed by atoms with Crippen molar-refractivity contribution < 1.29 is 9.13 Å². The lowest BCUT2D eigenvalue weighted by molar-refractivity contribution is 0.386. The Balaban J connectivity index is 2.40. The molecule has 1 aromatic carbocycles. The lowest BCUT2D eigenvalue weighted by Gasteiger charge is -2.18.